The van der Waals surface area contributed by atoms with E-state index in [1.807, 2.05) is 50.2 Å². The fourth-order valence-electron chi connectivity index (χ4n) is 3.36. The monoisotopic (exact) mass is 413 g/mol. The predicted molar refractivity (Wildman–Crippen MR) is 119 cm³/mol. The van der Waals surface area contributed by atoms with Gasteiger partial charge in [-0.05, 0) is 44.2 Å². The Morgan fingerprint density at radius 2 is 1.81 bits per heavy atom. The summed E-state index contributed by atoms with van der Waals surface area (Å²) in [6.45, 7) is 6.07. The molecule has 0 atom stereocenters. The van der Waals surface area contributed by atoms with Gasteiger partial charge in [-0.15, -0.1) is 10.2 Å². The number of hydrogen-bond donors (Lipinski definition) is 1. The standard InChI is InChI=1S/C23H23N7O/c1-16-9-11-21(12-10-16)30-17(2)13-20(18(30)3)14-24-25-22(31)15-29-27-23(26-28-29)19-7-5-4-6-8-19/h4-14H,15H2,1-3H3,(H,25,31)/b24-14-. The van der Waals surface area contributed by atoms with Gasteiger partial charge in [-0.3, -0.25) is 4.79 Å². The van der Waals surface area contributed by atoms with Crippen LogP contribution in [0, 0.1) is 20.8 Å². The summed E-state index contributed by atoms with van der Waals surface area (Å²) in [5.41, 5.74) is 8.75. The molecule has 1 N–H and O–H groups in total. The van der Waals surface area contributed by atoms with E-state index < -0.39 is 0 Å². The summed E-state index contributed by atoms with van der Waals surface area (Å²) in [7, 11) is 0. The molecule has 4 aromatic rings. The maximum atomic E-state index is 12.2. The third kappa shape index (κ3) is 4.58. The van der Waals surface area contributed by atoms with Crippen LogP contribution in [0.3, 0.4) is 0 Å². The molecule has 0 unspecified atom stereocenters. The lowest BCUT2D eigenvalue weighted by molar-refractivity contribution is -0.122. The highest BCUT2D eigenvalue weighted by Crippen LogP contribution is 2.20. The number of hydrogen-bond acceptors (Lipinski definition) is 5. The zero-order valence-electron chi connectivity index (χ0n) is 17.6. The number of amides is 1. The van der Waals surface area contributed by atoms with Gasteiger partial charge >= 0.3 is 0 Å². The molecule has 0 radical (unpaired) electrons. The average molecular weight is 413 g/mol. The number of benzene rings is 2. The Morgan fingerprint density at radius 1 is 1.06 bits per heavy atom. The van der Waals surface area contributed by atoms with Crippen molar-refractivity contribution in [1.29, 1.82) is 0 Å². The third-order valence-electron chi connectivity index (χ3n) is 4.93. The number of carbonyl (C=O) groups is 1. The lowest BCUT2D eigenvalue weighted by atomic mass is 10.2. The minimum atomic E-state index is -0.333. The molecule has 0 saturated carbocycles. The Hall–Kier alpha value is -4.07. The Kier molecular flexibility index (Phi) is 5.70. The maximum Gasteiger partial charge on any atom is 0.263 e. The summed E-state index contributed by atoms with van der Waals surface area (Å²) in [4.78, 5) is 13.4. The van der Waals surface area contributed by atoms with Crippen LogP contribution in [0.1, 0.15) is 22.5 Å². The minimum Gasteiger partial charge on any atom is -0.318 e. The summed E-state index contributed by atoms with van der Waals surface area (Å²) in [5.74, 6) is 0.140. The normalized spacial score (nSPS) is 11.2. The van der Waals surface area contributed by atoms with Crippen molar-refractivity contribution in [3.05, 3.63) is 83.2 Å². The van der Waals surface area contributed by atoms with Crippen molar-refractivity contribution in [2.45, 2.75) is 27.3 Å². The highest BCUT2D eigenvalue weighted by molar-refractivity contribution is 5.84. The van der Waals surface area contributed by atoms with Crippen LogP contribution >= 0.6 is 0 Å². The Balaban J connectivity index is 1.40. The molecule has 0 aliphatic carbocycles. The zero-order valence-corrected chi connectivity index (χ0v) is 17.6. The van der Waals surface area contributed by atoms with Gasteiger partial charge in [-0.25, -0.2) is 5.43 Å². The Morgan fingerprint density at radius 3 is 2.55 bits per heavy atom. The Bertz CT molecular complexity index is 1220. The van der Waals surface area contributed by atoms with E-state index in [0.717, 1.165) is 28.2 Å². The molecule has 8 nitrogen and oxygen atoms in total. The van der Waals surface area contributed by atoms with Gasteiger partial charge in [-0.2, -0.15) is 9.90 Å². The summed E-state index contributed by atoms with van der Waals surface area (Å²) < 4.78 is 2.16. The molecule has 0 aliphatic rings. The molecule has 0 fully saturated rings. The zero-order chi connectivity index (χ0) is 21.8. The van der Waals surface area contributed by atoms with Gasteiger partial charge in [0.15, 0.2) is 0 Å². The van der Waals surface area contributed by atoms with Crippen molar-refractivity contribution >= 4 is 12.1 Å². The fraction of sp³-hybridized carbons (Fsp3) is 0.174. The molecule has 0 saturated heterocycles. The fourth-order valence-corrected chi connectivity index (χ4v) is 3.36. The molecule has 2 heterocycles. The topological polar surface area (TPSA) is 90.0 Å². The van der Waals surface area contributed by atoms with E-state index >= 15 is 0 Å². The number of carbonyl (C=O) groups excluding carboxylic acids is 1. The molecule has 8 heteroatoms. The first kappa shape index (κ1) is 20.2. The summed E-state index contributed by atoms with van der Waals surface area (Å²) in [6, 6.07) is 19.9. The quantitative estimate of drug-likeness (QED) is 0.388. The smallest absolute Gasteiger partial charge is 0.263 e. The minimum absolute atomic E-state index is 0.0699. The summed E-state index contributed by atoms with van der Waals surface area (Å²) in [6.07, 6.45) is 1.65. The van der Waals surface area contributed by atoms with Crippen LogP contribution in [0.25, 0.3) is 17.1 Å². The Labute approximate surface area is 180 Å². The van der Waals surface area contributed by atoms with Crippen LogP contribution in [-0.2, 0) is 11.3 Å². The molecule has 2 aromatic carbocycles. The van der Waals surface area contributed by atoms with Crippen LogP contribution < -0.4 is 5.43 Å². The highest BCUT2D eigenvalue weighted by Gasteiger charge is 2.11. The second-order valence-corrected chi connectivity index (χ2v) is 7.30. The number of tetrazole rings is 1. The first-order chi connectivity index (χ1) is 15.0. The van der Waals surface area contributed by atoms with Gasteiger partial charge in [0.2, 0.25) is 5.82 Å². The van der Waals surface area contributed by atoms with E-state index in [4.69, 9.17) is 0 Å². The maximum absolute atomic E-state index is 12.2. The van der Waals surface area contributed by atoms with Gasteiger partial charge in [0.25, 0.3) is 5.91 Å². The number of rotatable bonds is 6. The van der Waals surface area contributed by atoms with E-state index in [-0.39, 0.29) is 12.5 Å². The number of nitrogens with zero attached hydrogens (tertiary/aromatic N) is 6. The number of nitrogens with one attached hydrogen (secondary N) is 1. The number of aromatic nitrogens is 5. The van der Waals surface area contributed by atoms with Crippen molar-refractivity contribution in [3.8, 4) is 17.1 Å². The molecule has 156 valence electrons. The average Bonchev–Trinajstić information content (AvgIpc) is 3.34. The molecular weight excluding hydrogens is 390 g/mol. The van der Waals surface area contributed by atoms with Gasteiger partial charge in [0.1, 0.15) is 6.54 Å². The van der Waals surface area contributed by atoms with Crippen molar-refractivity contribution < 1.29 is 4.79 Å². The lowest BCUT2D eigenvalue weighted by Crippen LogP contribution is -2.24. The van der Waals surface area contributed by atoms with Crippen molar-refractivity contribution in [1.82, 2.24) is 30.2 Å². The number of hydrazone groups is 1. The summed E-state index contributed by atoms with van der Waals surface area (Å²) in [5, 5.41) is 16.2. The third-order valence-corrected chi connectivity index (χ3v) is 4.93. The van der Waals surface area contributed by atoms with Crippen LogP contribution in [0.4, 0.5) is 0 Å². The molecule has 0 spiro atoms. The molecule has 4 rings (SSSR count). The predicted octanol–water partition coefficient (Wildman–Crippen LogP) is 3.21. The van der Waals surface area contributed by atoms with Gasteiger partial charge < -0.3 is 4.57 Å². The van der Waals surface area contributed by atoms with Crippen molar-refractivity contribution in [2.24, 2.45) is 5.10 Å². The second-order valence-electron chi connectivity index (χ2n) is 7.30. The summed E-state index contributed by atoms with van der Waals surface area (Å²) >= 11 is 0. The SMILES string of the molecule is Cc1ccc(-n2c(C)cc(/C=N\NC(=O)Cn3nnc(-c4ccccc4)n3)c2C)cc1. The first-order valence-corrected chi connectivity index (χ1v) is 9.92. The van der Waals surface area contributed by atoms with E-state index in [1.165, 1.54) is 10.4 Å². The first-order valence-electron chi connectivity index (χ1n) is 9.92. The van der Waals surface area contributed by atoms with E-state index in [2.05, 4.69) is 61.7 Å². The number of aryl methyl sites for hydroxylation is 2. The van der Waals surface area contributed by atoms with Crippen LogP contribution in [0.15, 0.2) is 65.8 Å². The molecule has 31 heavy (non-hydrogen) atoms. The van der Waals surface area contributed by atoms with Crippen LogP contribution in [-0.4, -0.2) is 36.9 Å². The van der Waals surface area contributed by atoms with Gasteiger partial charge in [0.05, 0.1) is 6.21 Å². The highest BCUT2D eigenvalue weighted by atomic mass is 16.2. The van der Waals surface area contributed by atoms with Gasteiger partial charge in [-0.1, -0.05) is 48.0 Å². The molecule has 0 bridgehead atoms. The molecule has 2 aromatic heterocycles. The van der Waals surface area contributed by atoms with Crippen molar-refractivity contribution in [2.75, 3.05) is 0 Å². The van der Waals surface area contributed by atoms with E-state index in [0.29, 0.717) is 5.82 Å². The van der Waals surface area contributed by atoms with Crippen molar-refractivity contribution in [3.63, 3.8) is 0 Å². The lowest BCUT2D eigenvalue weighted by Gasteiger charge is -2.09. The molecule has 1 amide bonds. The van der Waals surface area contributed by atoms with Crippen LogP contribution in [0.5, 0.6) is 0 Å². The van der Waals surface area contributed by atoms with E-state index in [1.54, 1.807) is 6.21 Å². The van der Waals surface area contributed by atoms with E-state index in [9.17, 15) is 4.79 Å². The second kappa shape index (κ2) is 8.74. The largest absolute Gasteiger partial charge is 0.318 e. The molecular formula is C23H23N7O. The molecule has 0 aliphatic heterocycles. The van der Waals surface area contributed by atoms with Crippen LogP contribution in [0.2, 0.25) is 0 Å². The van der Waals surface area contributed by atoms with Gasteiger partial charge in [0, 0.05) is 28.2 Å².